The second kappa shape index (κ2) is 9.93. The van der Waals surface area contributed by atoms with Gasteiger partial charge in [0.15, 0.2) is 0 Å². The lowest BCUT2D eigenvalue weighted by Crippen LogP contribution is -2.30. The van der Waals surface area contributed by atoms with Gasteiger partial charge in [0.2, 0.25) is 0 Å². The predicted molar refractivity (Wildman–Crippen MR) is 71.4 cm³/mol. The van der Waals surface area contributed by atoms with Crippen molar-refractivity contribution in [3.05, 3.63) is 12.2 Å². The molecule has 0 atom stereocenters. The maximum atomic E-state index is 11.1. The van der Waals surface area contributed by atoms with Crippen LogP contribution in [0.15, 0.2) is 17.3 Å². The average molecular weight is 271 g/mol. The molecule has 7 heteroatoms. The Morgan fingerprint density at radius 1 is 1.32 bits per heavy atom. The molecule has 0 aromatic carbocycles. The van der Waals surface area contributed by atoms with Gasteiger partial charge < -0.3 is 14.9 Å². The van der Waals surface area contributed by atoms with E-state index in [9.17, 15) is 9.59 Å². The van der Waals surface area contributed by atoms with Crippen molar-refractivity contribution in [2.24, 2.45) is 5.10 Å². The molecule has 0 radical (unpaired) electrons. The van der Waals surface area contributed by atoms with Gasteiger partial charge in [-0.3, -0.25) is 0 Å². The molecule has 0 aromatic heterocycles. The summed E-state index contributed by atoms with van der Waals surface area (Å²) >= 11 is 0. The smallest absolute Gasteiger partial charge is 0.432 e. The number of rotatable bonds is 8. The summed E-state index contributed by atoms with van der Waals surface area (Å²) in [6.07, 6.45) is 0.621. The van der Waals surface area contributed by atoms with Gasteiger partial charge in [0, 0.05) is 17.8 Å². The largest absolute Gasteiger partial charge is 0.462 e. The van der Waals surface area contributed by atoms with Gasteiger partial charge in [-0.15, -0.1) is 5.59 Å². The Kier molecular flexibility index (Phi) is 8.86. The summed E-state index contributed by atoms with van der Waals surface area (Å²) in [5.41, 5.74) is 3.36. The minimum absolute atomic E-state index is 0.215. The molecule has 0 bridgehead atoms. The highest BCUT2D eigenvalue weighted by atomic mass is 16.7. The quantitative estimate of drug-likeness (QED) is 0.230. The van der Waals surface area contributed by atoms with Crippen molar-refractivity contribution in [3.8, 4) is 0 Å². The van der Waals surface area contributed by atoms with Crippen LogP contribution in [0.1, 0.15) is 33.6 Å². The molecule has 19 heavy (non-hydrogen) atoms. The summed E-state index contributed by atoms with van der Waals surface area (Å²) in [4.78, 5) is 26.7. The van der Waals surface area contributed by atoms with Gasteiger partial charge in [0.1, 0.15) is 0 Å². The Morgan fingerprint density at radius 3 is 2.58 bits per heavy atom. The van der Waals surface area contributed by atoms with Crippen LogP contribution in [0.4, 0.5) is 4.79 Å². The molecule has 0 saturated carbocycles. The van der Waals surface area contributed by atoms with Gasteiger partial charge in [0.25, 0.3) is 0 Å². The molecule has 0 fully saturated rings. The topological polar surface area (TPSA) is 89.0 Å². The molecular formula is C12H21N3O4. The van der Waals surface area contributed by atoms with Crippen LogP contribution in [0.2, 0.25) is 0 Å². The fourth-order valence-electron chi connectivity index (χ4n) is 0.808. The lowest BCUT2D eigenvalue weighted by Gasteiger charge is -2.06. The van der Waals surface area contributed by atoms with E-state index in [1.165, 1.54) is 0 Å². The summed E-state index contributed by atoms with van der Waals surface area (Å²) in [7, 11) is 0. The molecule has 0 aliphatic rings. The normalized spacial score (nSPS) is 10.6. The van der Waals surface area contributed by atoms with Gasteiger partial charge in [-0.25, -0.2) is 9.59 Å². The van der Waals surface area contributed by atoms with Crippen LogP contribution >= 0.6 is 0 Å². The van der Waals surface area contributed by atoms with E-state index in [1.54, 1.807) is 6.92 Å². The van der Waals surface area contributed by atoms with Gasteiger partial charge in [-0.05, 0) is 26.7 Å². The first-order valence-electron chi connectivity index (χ1n) is 6.02. The van der Waals surface area contributed by atoms with Crippen LogP contribution in [-0.2, 0) is 14.4 Å². The number of hydrazone groups is 1. The number of carbonyl (C=O) groups excluding carboxylic acids is 2. The monoisotopic (exact) mass is 271 g/mol. The van der Waals surface area contributed by atoms with Gasteiger partial charge in [-0.2, -0.15) is 5.10 Å². The minimum atomic E-state index is -0.640. The number of esters is 1. The highest BCUT2D eigenvalue weighted by Gasteiger charge is 2.03. The van der Waals surface area contributed by atoms with Crippen LogP contribution < -0.4 is 10.9 Å². The summed E-state index contributed by atoms with van der Waals surface area (Å²) in [5, 5.41) is 6.24. The average Bonchev–Trinajstić information content (AvgIpc) is 2.37. The van der Waals surface area contributed by atoms with E-state index in [4.69, 9.17) is 4.74 Å². The Balaban J connectivity index is 3.54. The molecule has 0 aromatic rings. The van der Waals surface area contributed by atoms with Crippen LogP contribution in [0.5, 0.6) is 0 Å². The molecule has 0 heterocycles. The van der Waals surface area contributed by atoms with E-state index in [0.717, 1.165) is 12.1 Å². The standard InChI is InChI=1S/C12H21N3O4/c1-5-10(4)14-15-19-12(17)13-7-6-8-18-11(16)9(2)3/h15H,2,5-8H2,1,3-4H3,(H,13,17). The van der Waals surface area contributed by atoms with Crippen molar-refractivity contribution in [1.82, 2.24) is 10.9 Å². The molecule has 0 aliphatic carbocycles. The summed E-state index contributed by atoms with van der Waals surface area (Å²) in [6, 6.07) is 0. The van der Waals surface area contributed by atoms with Crippen LogP contribution in [0, 0.1) is 0 Å². The SMILES string of the molecule is C=C(C)C(=O)OCCCNC(=O)ONN=C(C)CC. The first kappa shape index (κ1) is 16.9. The van der Waals surface area contributed by atoms with Crippen LogP contribution in [0.3, 0.4) is 0 Å². The number of nitrogens with one attached hydrogen (secondary N) is 2. The van der Waals surface area contributed by atoms with E-state index < -0.39 is 12.1 Å². The summed E-state index contributed by atoms with van der Waals surface area (Å²) in [6.45, 7) is 9.32. The van der Waals surface area contributed by atoms with Crippen LogP contribution in [-0.4, -0.2) is 30.9 Å². The lowest BCUT2D eigenvalue weighted by atomic mass is 10.3. The van der Waals surface area contributed by atoms with Gasteiger partial charge in [0.05, 0.1) is 6.61 Å². The third-order valence-corrected chi connectivity index (χ3v) is 2.06. The molecule has 0 spiro atoms. The van der Waals surface area contributed by atoms with Crippen molar-refractivity contribution in [1.29, 1.82) is 0 Å². The fraction of sp³-hybridized carbons (Fsp3) is 0.583. The number of hydrogen-bond donors (Lipinski definition) is 2. The molecular weight excluding hydrogens is 250 g/mol. The maximum absolute atomic E-state index is 11.1. The zero-order chi connectivity index (χ0) is 14.7. The fourth-order valence-corrected chi connectivity index (χ4v) is 0.808. The Labute approximate surface area is 113 Å². The highest BCUT2D eigenvalue weighted by Crippen LogP contribution is 1.92. The molecule has 0 rings (SSSR count). The number of hydrogen-bond acceptors (Lipinski definition) is 6. The number of ether oxygens (including phenoxy) is 1. The third-order valence-electron chi connectivity index (χ3n) is 2.06. The van der Waals surface area contributed by atoms with Gasteiger partial charge >= 0.3 is 12.1 Å². The van der Waals surface area contributed by atoms with E-state index >= 15 is 0 Å². The second-order valence-corrected chi connectivity index (χ2v) is 3.88. The zero-order valence-electron chi connectivity index (χ0n) is 11.6. The molecule has 2 N–H and O–H groups in total. The molecule has 0 aliphatic heterocycles. The Bertz CT molecular complexity index is 353. The summed E-state index contributed by atoms with van der Waals surface area (Å²) in [5.74, 6) is -0.436. The van der Waals surface area contributed by atoms with E-state index in [-0.39, 0.29) is 6.61 Å². The first-order valence-corrected chi connectivity index (χ1v) is 6.02. The van der Waals surface area contributed by atoms with Crippen molar-refractivity contribution >= 4 is 17.8 Å². The van der Waals surface area contributed by atoms with Crippen LogP contribution in [0.25, 0.3) is 0 Å². The molecule has 0 unspecified atom stereocenters. The van der Waals surface area contributed by atoms with E-state index in [0.29, 0.717) is 18.5 Å². The van der Waals surface area contributed by atoms with E-state index in [2.05, 4.69) is 27.4 Å². The molecule has 108 valence electrons. The molecule has 1 amide bonds. The predicted octanol–water partition coefficient (Wildman–Crippen LogP) is 1.51. The molecule has 7 nitrogen and oxygen atoms in total. The van der Waals surface area contributed by atoms with Gasteiger partial charge in [-0.1, -0.05) is 13.5 Å². The minimum Gasteiger partial charge on any atom is -0.462 e. The molecule has 0 saturated heterocycles. The van der Waals surface area contributed by atoms with Crippen molar-refractivity contribution < 1.29 is 19.2 Å². The van der Waals surface area contributed by atoms with E-state index in [1.807, 2.05) is 13.8 Å². The second-order valence-electron chi connectivity index (χ2n) is 3.88. The van der Waals surface area contributed by atoms with Crippen molar-refractivity contribution in [2.75, 3.05) is 13.2 Å². The number of nitrogens with zero attached hydrogens (tertiary/aromatic N) is 1. The number of carbonyl (C=O) groups is 2. The number of amides is 1. The third kappa shape index (κ3) is 9.63. The van der Waals surface area contributed by atoms with Crippen molar-refractivity contribution in [2.45, 2.75) is 33.6 Å². The summed E-state index contributed by atoms with van der Waals surface area (Å²) < 4.78 is 4.84. The maximum Gasteiger partial charge on any atom is 0.432 e. The Morgan fingerprint density at radius 2 is 2.00 bits per heavy atom. The zero-order valence-corrected chi connectivity index (χ0v) is 11.6. The van der Waals surface area contributed by atoms with Crippen molar-refractivity contribution in [3.63, 3.8) is 0 Å². The Hall–Kier alpha value is -2.05. The highest BCUT2D eigenvalue weighted by molar-refractivity contribution is 5.86. The lowest BCUT2D eigenvalue weighted by molar-refractivity contribution is -0.138. The first-order chi connectivity index (χ1) is 8.97.